The summed E-state index contributed by atoms with van der Waals surface area (Å²) in [5.41, 5.74) is 13.6. The van der Waals surface area contributed by atoms with E-state index in [4.69, 9.17) is 11.5 Å². The number of primary amides is 1. The van der Waals surface area contributed by atoms with E-state index in [1.165, 1.54) is 12.1 Å². The molecular formula is C28H34N6O7S. The summed E-state index contributed by atoms with van der Waals surface area (Å²) in [5.74, 6) is -4.45. The van der Waals surface area contributed by atoms with Gasteiger partial charge in [0.2, 0.25) is 23.6 Å². The topological polar surface area (TPSA) is 230 Å². The molecule has 0 aliphatic heterocycles. The normalized spacial score (nSPS) is 13.9. The molecule has 42 heavy (non-hydrogen) atoms. The van der Waals surface area contributed by atoms with E-state index in [1.54, 1.807) is 18.3 Å². The SMILES string of the molecule is NC(=O)CCC(NC(=O)C(Cc1c[nH]c2ccccc12)NC(=O)C(N)Cc1ccc(O)cc1)C(=O)NC(CS)C(=O)O. The third kappa shape index (κ3) is 8.97. The fourth-order valence-corrected chi connectivity index (χ4v) is 4.52. The highest BCUT2D eigenvalue weighted by Gasteiger charge is 2.31. The first-order chi connectivity index (χ1) is 20.0. The zero-order chi connectivity index (χ0) is 30.8. The Morgan fingerprint density at radius 2 is 1.48 bits per heavy atom. The van der Waals surface area contributed by atoms with Gasteiger partial charge in [-0.25, -0.2) is 4.79 Å². The van der Waals surface area contributed by atoms with Crippen LogP contribution in [0.25, 0.3) is 10.9 Å². The van der Waals surface area contributed by atoms with E-state index in [0.717, 1.165) is 10.9 Å². The summed E-state index contributed by atoms with van der Waals surface area (Å²) in [6.45, 7) is 0. The van der Waals surface area contributed by atoms with Gasteiger partial charge in [-0.05, 0) is 42.2 Å². The minimum atomic E-state index is -1.34. The molecule has 2 aromatic carbocycles. The van der Waals surface area contributed by atoms with E-state index in [-0.39, 0.29) is 37.2 Å². The maximum atomic E-state index is 13.6. The van der Waals surface area contributed by atoms with Crippen molar-refractivity contribution in [2.24, 2.45) is 11.5 Å². The van der Waals surface area contributed by atoms with Gasteiger partial charge in [0.05, 0.1) is 6.04 Å². The molecule has 3 rings (SSSR count). The zero-order valence-corrected chi connectivity index (χ0v) is 23.5. The Morgan fingerprint density at radius 3 is 2.12 bits per heavy atom. The first-order valence-electron chi connectivity index (χ1n) is 13.1. The number of thiol groups is 1. The minimum Gasteiger partial charge on any atom is -0.508 e. The monoisotopic (exact) mass is 598 g/mol. The Bertz CT molecular complexity index is 1430. The highest BCUT2D eigenvalue weighted by atomic mass is 32.1. The van der Waals surface area contributed by atoms with Crippen LogP contribution in [0.4, 0.5) is 0 Å². The molecule has 14 heteroatoms. The average Bonchev–Trinajstić information content (AvgIpc) is 3.36. The Morgan fingerprint density at radius 1 is 0.857 bits per heavy atom. The number of H-pyrrole nitrogens is 1. The molecule has 0 bridgehead atoms. The number of carbonyl (C=O) groups excluding carboxylic acids is 4. The minimum absolute atomic E-state index is 0.0199. The second kappa shape index (κ2) is 14.9. The van der Waals surface area contributed by atoms with Gasteiger partial charge in [-0.2, -0.15) is 12.6 Å². The van der Waals surface area contributed by atoms with Gasteiger partial charge in [0.25, 0.3) is 0 Å². The lowest BCUT2D eigenvalue weighted by Gasteiger charge is -2.25. The van der Waals surface area contributed by atoms with Gasteiger partial charge in [-0.1, -0.05) is 30.3 Å². The third-order valence-corrected chi connectivity index (χ3v) is 6.94. The molecule has 0 saturated heterocycles. The van der Waals surface area contributed by atoms with E-state index < -0.39 is 53.8 Å². The van der Waals surface area contributed by atoms with Crippen LogP contribution in [0.2, 0.25) is 0 Å². The number of aliphatic carboxylic acids is 1. The molecule has 4 amide bonds. The molecular weight excluding hydrogens is 564 g/mol. The van der Waals surface area contributed by atoms with Crippen LogP contribution in [0.15, 0.2) is 54.7 Å². The van der Waals surface area contributed by atoms with Gasteiger partial charge in [-0.3, -0.25) is 19.2 Å². The largest absolute Gasteiger partial charge is 0.508 e. The third-order valence-electron chi connectivity index (χ3n) is 6.57. The number of para-hydroxylation sites is 1. The number of phenolic OH excluding ortho intramolecular Hbond substituents is 1. The number of hydrogen-bond donors (Lipinski definition) is 9. The van der Waals surface area contributed by atoms with Crippen LogP contribution in [-0.4, -0.2) is 74.7 Å². The van der Waals surface area contributed by atoms with Crippen LogP contribution < -0.4 is 27.4 Å². The fraction of sp³-hybridized carbons (Fsp3) is 0.321. The lowest BCUT2D eigenvalue weighted by Crippen LogP contribution is -2.58. The number of amides is 4. The average molecular weight is 599 g/mol. The van der Waals surface area contributed by atoms with Gasteiger partial charge in [0, 0.05) is 35.7 Å². The Labute approximate surface area is 246 Å². The molecule has 0 aliphatic carbocycles. The molecule has 1 aromatic heterocycles. The molecule has 4 atom stereocenters. The van der Waals surface area contributed by atoms with Crippen molar-refractivity contribution in [3.8, 4) is 5.75 Å². The number of fused-ring (bicyclic) bond motifs is 1. The van der Waals surface area contributed by atoms with Crippen LogP contribution in [0.3, 0.4) is 0 Å². The molecule has 224 valence electrons. The summed E-state index contributed by atoms with van der Waals surface area (Å²) in [6, 6.07) is 8.62. The number of rotatable bonds is 15. The van der Waals surface area contributed by atoms with E-state index in [0.29, 0.717) is 11.1 Å². The second-order valence-corrected chi connectivity index (χ2v) is 10.1. The standard InChI is InChI=1S/C28H34N6O7S/c29-19(11-15-5-7-17(35)8-6-15)25(37)33-22(12-16-13-31-20-4-2-1-3-18(16)20)27(39)32-21(9-10-24(30)36)26(38)34-23(14-42)28(40)41/h1-8,13,19,21-23,31,35,42H,9-12,14,29H2,(H2,30,36)(H,32,39)(H,33,37)(H,34,38)(H,40,41). The maximum absolute atomic E-state index is 13.6. The van der Waals surface area contributed by atoms with Crippen LogP contribution in [0.1, 0.15) is 24.0 Å². The maximum Gasteiger partial charge on any atom is 0.327 e. The predicted molar refractivity (Wildman–Crippen MR) is 157 cm³/mol. The van der Waals surface area contributed by atoms with Gasteiger partial charge >= 0.3 is 5.97 Å². The molecule has 13 nitrogen and oxygen atoms in total. The number of aromatic nitrogens is 1. The molecule has 1 heterocycles. The molecule has 4 unspecified atom stereocenters. The smallest absolute Gasteiger partial charge is 0.327 e. The zero-order valence-electron chi connectivity index (χ0n) is 22.6. The van der Waals surface area contributed by atoms with Crippen molar-refractivity contribution in [3.63, 3.8) is 0 Å². The number of phenols is 1. The number of carbonyl (C=O) groups is 5. The van der Waals surface area contributed by atoms with Crippen molar-refractivity contribution in [1.82, 2.24) is 20.9 Å². The Kier molecular flexibility index (Phi) is 11.3. The quantitative estimate of drug-likeness (QED) is 0.105. The van der Waals surface area contributed by atoms with Gasteiger partial charge < -0.3 is 42.6 Å². The summed E-state index contributed by atoms with van der Waals surface area (Å²) in [7, 11) is 0. The number of nitrogens with one attached hydrogen (secondary N) is 4. The van der Waals surface area contributed by atoms with Crippen LogP contribution in [0, 0.1) is 0 Å². The van der Waals surface area contributed by atoms with E-state index in [1.807, 2.05) is 24.3 Å². The molecule has 3 aromatic rings. The molecule has 0 radical (unpaired) electrons. The molecule has 0 saturated carbocycles. The molecule has 0 fully saturated rings. The van der Waals surface area contributed by atoms with Crippen molar-refractivity contribution in [2.75, 3.05) is 5.75 Å². The summed E-state index contributed by atoms with van der Waals surface area (Å²) < 4.78 is 0. The Balaban J connectivity index is 1.83. The van der Waals surface area contributed by atoms with Crippen molar-refractivity contribution >= 4 is 53.1 Å². The van der Waals surface area contributed by atoms with Crippen molar-refractivity contribution < 1.29 is 34.2 Å². The van der Waals surface area contributed by atoms with Gasteiger partial charge in [0.15, 0.2) is 0 Å². The first kappa shape index (κ1) is 32.0. The lowest BCUT2D eigenvalue weighted by atomic mass is 10.0. The summed E-state index contributed by atoms with van der Waals surface area (Å²) in [5, 5.41) is 27.1. The van der Waals surface area contributed by atoms with Gasteiger partial charge in [0.1, 0.15) is 23.9 Å². The number of aromatic hydroxyl groups is 1. The number of hydrogen-bond acceptors (Lipinski definition) is 8. The van der Waals surface area contributed by atoms with Crippen molar-refractivity contribution in [3.05, 3.63) is 65.9 Å². The van der Waals surface area contributed by atoms with Gasteiger partial charge in [-0.15, -0.1) is 0 Å². The highest BCUT2D eigenvalue weighted by Crippen LogP contribution is 2.19. The predicted octanol–water partition coefficient (Wildman–Crippen LogP) is -0.280. The molecule has 10 N–H and O–H groups in total. The summed E-state index contributed by atoms with van der Waals surface area (Å²) in [6.07, 6.45) is 1.37. The van der Waals surface area contributed by atoms with E-state index in [2.05, 4.69) is 33.6 Å². The highest BCUT2D eigenvalue weighted by molar-refractivity contribution is 7.80. The van der Waals surface area contributed by atoms with Crippen LogP contribution in [-0.2, 0) is 36.8 Å². The van der Waals surface area contributed by atoms with Crippen molar-refractivity contribution in [1.29, 1.82) is 0 Å². The number of carboxylic acids is 1. The summed E-state index contributed by atoms with van der Waals surface area (Å²) >= 11 is 3.93. The van der Waals surface area contributed by atoms with Crippen LogP contribution in [0.5, 0.6) is 5.75 Å². The van der Waals surface area contributed by atoms with E-state index >= 15 is 0 Å². The Hall–Kier alpha value is -4.56. The second-order valence-electron chi connectivity index (χ2n) is 9.75. The van der Waals surface area contributed by atoms with Crippen molar-refractivity contribution in [2.45, 2.75) is 49.9 Å². The lowest BCUT2D eigenvalue weighted by molar-refractivity contribution is -0.141. The number of carboxylic acid groups (broad SMARTS) is 1. The summed E-state index contributed by atoms with van der Waals surface area (Å²) in [4.78, 5) is 65.6. The molecule has 0 spiro atoms. The first-order valence-corrected chi connectivity index (χ1v) is 13.7. The fourth-order valence-electron chi connectivity index (χ4n) is 4.27. The molecule has 0 aliphatic rings. The number of nitrogens with two attached hydrogens (primary N) is 2. The number of aromatic amines is 1. The van der Waals surface area contributed by atoms with E-state index in [9.17, 15) is 34.2 Å². The number of benzene rings is 2. The van der Waals surface area contributed by atoms with Crippen LogP contribution >= 0.6 is 12.6 Å².